The molecule has 2 rings (SSSR count). The van der Waals surface area contributed by atoms with Crippen LogP contribution in [0.25, 0.3) is 0 Å². The van der Waals surface area contributed by atoms with Crippen molar-refractivity contribution in [3.05, 3.63) is 59.7 Å². The zero-order chi connectivity index (χ0) is 16.5. The highest BCUT2D eigenvalue weighted by Crippen LogP contribution is 2.15. The number of nitrogens with one attached hydrogen (secondary N) is 1. The Kier molecular flexibility index (Phi) is 6.48. The predicted molar refractivity (Wildman–Crippen MR) is 91.0 cm³/mol. The first kappa shape index (κ1) is 16.9. The Hall–Kier alpha value is -2.49. The topological polar surface area (TPSA) is 47.6 Å². The lowest BCUT2D eigenvalue weighted by Gasteiger charge is -2.10. The van der Waals surface area contributed by atoms with Crippen LogP contribution in [-0.2, 0) is 11.2 Å². The van der Waals surface area contributed by atoms with E-state index in [2.05, 4.69) is 12.2 Å². The molecule has 1 N–H and O–H groups in total. The summed E-state index contributed by atoms with van der Waals surface area (Å²) < 4.78 is 11.1. The van der Waals surface area contributed by atoms with Gasteiger partial charge in [-0.2, -0.15) is 0 Å². The second-order valence-electron chi connectivity index (χ2n) is 5.25. The number of hydrogen-bond donors (Lipinski definition) is 1. The molecule has 4 heteroatoms. The van der Waals surface area contributed by atoms with Gasteiger partial charge in [0.05, 0.1) is 6.54 Å². The van der Waals surface area contributed by atoms with Gasteiger partial charge in [-0.1, -0.05) is 37.3 Å². The summed E-state index contributed by atoms with van der Waals surface area (Å²) in [6, 6.07) is 15.6. The van der Waals surface area contributed by atoms with Crippen LogP contribution in [0.4, 0.5) is 0 Å². The van der Waals surface area contributed by atoms with Gasteiger partial charge in [-0.25, -0.2) is 0 Å². The minimum atomic E-state index is -0.154. The zero-order valence-electron chi connectivity index (χ0n) is 13.7. The molecule has 2 aromatic rings. The molecule has 2 aromatic carbocycles. The Morgan fingerprint density at radius 2 is 1.78 bits per heavy atom. The molecule has 1 amide bonds. The molecular weight excluding hydrogens is 290 g/mol. The number of amides is 1. The largest absolute Gasteiger partial charge is 0.492 e. The van der Waals surface area contributed by atoms with E-state index >= 15 is 0 Å². The van der Waals surface area contributed by atoms with Crippen LogP contribution in [0.1, 0.15) is 18.1 Å². The highest BCUT2D eigenvalue weighted by Gasteiger charge is 2.04. The number of hydrogen-bond acceptors (Lipinski definition) is 3. The van der Waals surface area contributed by atoms with Crippen molar-refractivity contribution in [1.29, 1.82) is 0 Å². The van der Waals surface area contributed by atoms with Crippen molar-refractivity contribution in [2.45, 2.75) is 20.3 Å². The molecule has 0 aliphatic carbocycles. The molecule has 0 radical (unpaired) electrons. The van der Waals surface area contributed by atoms with Gasteiger partial charge in [0.15, 0.2) is 6.61 Å². The molecular formula is C19H23NO3. The summed E-state index contributed by atoms with van der Waals surface area (Å²) in [5, 5.41) is 2.78. The molecule has 23 heavy (non-hydrogen) atoms. The predicted octanol–water partition coefficient (Wildman–Crippen LogP) is 3.13. The molecule has 0 unspecified atom stereocenters. The molecule has 0 aromatic heterocycles. The summed E-state index contributed by atoms with van der Waals surface area (Å²) in [5.41, 5.74) is 2.29. The molecule has 0 atom stereocenters. The van der Waals surface area contributed by atoms with Crippen LogP contribution in [-0.4, -0.2) is 25.7 Å². The van der Waals surface area contributed by atoms with E-state index in [1.165, 1.54) is 5.56 Å². The van der Waals surface area contributed by atoms with Gasteiger partial charge in [-0.15, -0.1) is 0 Å². The van der Waals surface area contributed by atoms with E-state index < -0.39 is 0 Å². The molecule has 0 aliphatic rings. The molecule has 0 heterocycles. The molecule has 122 valence electrons. The fourth-order valence-corrected chi connectivity index (χ4v) is 2.09. The fraction of sp³-hybridized carbons (Fsp3) is 0.316. The third kappa shape index (κ3) is 5.66. The number of aryl methyl sites for hydroxylation is 2. The van der Waals surface area contributed by atoms with E-state index in [1.807, 2.05) is 55.5 Å². The van der Waals surface area contributed by atoms with Crippen LogP contribution in [0, 0.1) is 6.92 Å². The van der Waals surface area contributed by atoms with Crippen LogP contribution >= 0.6 is 0 Å². The fourth-order valence-electron chi connectivity index (χ4n) is 2.09. The lowest BCUT2D eigenvalue weighted by molar-refractivity contribution is -0.123. The van der Waals surface area contributed by atoms with Gasteiger partial charge in [-0.05, 0) is 42.7 Å². The number of rotatable bonds is 8. The average Bonchev–Trinajstić information content (AvgIpc) is 2.58. The van der Waals surface area contributed by atoms with E-state index in [1.54, 1.807) is 0 Å². The van der Waals surface area contributed by atoms with Crippen LogP contribution < -0.4 is 14.8 Å². The van der Waals surface area contributed by atoms with E-state index in [0.29, 0.717) is 13.2 Å². The van der Waals surface area contributed by atoms with Crippen LogP contribution in [0.2, 0.25) is 0 Å². The van der Waals surface area contributed by atoms with Crippen molar-refractivity contribution in [3.8, 4) is 11.5 Å². The van der Waals surface area contributed by atoms with Gasteiger partial charge in [0, 0.05) is 0 Å². The second kappa shape index (κ2) is 8.83. The molecule has 0 bridgehead atoms. The number of benzene rings is 2. The zero-order valence-corrected chi connectivity index (χ0v) is 13.7. The van der Waals surface area contributed by atoms with Crippen LogP contribution in [0.15, 0.2) is 48.5 Å². The molecule has 0 spiro atoms. The molecule has 0 aliphatic heterocycles. The quantitative estimate of drug-likeness (QED) is 0.762. The lowest BCUT2D eigenvalue weighted by atomic mass is 10.2. The van der Waals surface area contributed by atoms with E-state index in [-0.39, 0.29) is 12.5 Å². The van der Waals surface area contributed by atoms with Crippen molar-refractivity contribution in [3.63, 3.8) is 0 Å². The number of carbonyl (C=O) groups excluding carboxylic acids is 1. The van der Waals surface area contributed by atoms with Gasteiger partial charge in [-0.3, -0.25) is 4.79 Å². The van der Waals surface area contributed by atoms with Crippen molar-refractivity contribution >= 4 is 5.91 Å². The smallest absolute Gasteiger partial charge is 0.258 e. The van der Waals surface area contributed by atoms with Crippen molar-refractivity contribution in [1.82, 2.24) is 5.32 Å². The van der Waals surface area contributed by atoms with Crippen molar-refractivity contribution in [2.24, 2.45) is 0 Å². The van der Waals surface area contributed by atoms with Gasteiger partial charge < -0.3 is 14.8 Å². The van der Waals surface area contributed by atoms with E-state index in [4.69, 9.17) is 9.47 Å². The maximum atomic E-state index is 11.7. The first-order valence-corrected chi connectivity index (χ1v) is 7.86. The normalized spacial score (nSPS) is 10.2. The number of carbonyl (C=O) groups is 1. The summed E-state index contributed by atoms with van der Waals surface area (Å²) in [5.74, 6) is 1.39. The van der Waals surface area contributed by atoms with Crippen LogP contribution in [0.5, 0.6) is 11.5 Å². The third-order valence-corrected chi connectivity index (χ3v) is 3.48. The van der Waals surface area contributed by atoms with Crippen molar-refractivity contribution < 1.29 is 14.3 Å². The first-order valence-electron chi connectivity index (χ1n) is 7.86. The van der Waals surface area contributed by atoms with Gasteiger partial charge >= 0.3 is 0 Å². The molecule has 4 nitrogen and oxygen atoms in total. The maximum absolute atomic E-state index is 11.7. The SMILES string of the molecule is CCc1ccc(OCCNC(=O)COc2ccccc2C)cc1. The number of para-hydroxylation sites is 1. The molecule has 0 saturated heterocycles. The van der Waals surface area contributed by atoms with Gasteiger partial charge in [0.1, 0.15) is 18.1 Å². The molecule has 0 fully saturated rings. The van der Waals surface area contributed by atoms with E-state index in [0.717, 1.165) is 23.5 Å². The monoisotopic (exact) mass is 313 g/mol. The summed E-state index contributed by atoms with van der Waals surface area (Å²) in [6.07, 6.45) is 1.01. The number of ether oxygens (including phenoxy) is 2. The Bertz CT molecular complexity index is 623. The highest BCUT2D eigenvalue weighted by molar-refractivity contribution is 5.77. The maximum Gasteiger partial charge on any atom is 0.258 e. The molecule has 0 saturated carbocycles. The summed E-state index contributed by atoms with van der Waals surface area (Å²) in [7, 11) is 0. The summed E-state index contributed by atoms with van der Waals surface area (Å²) in [4.78, 5) is 11.7. The van der Waals surface area contributed by atoms with Crippen molar-refractivity contribution in [2.75, 3.05) is 19.8 Å². The Balaban J connectivity index is 1.63. The van der Waals surface area contributed by atoms with Crippen LogP contribution in [0.3, 0.4) is 0 Å². The highest BCUT2D eigenvalue weighted by atomic mass is 16.5. The Labute approximate surface area is 137 Å². The van der Waals surface area contributed by atoms with Gasteiger partial charge in [0.25, 0.3) is 5.91 Å². The minimum Gasteiger partial charge on any atom is -0.492 e. The Morgan fingerprint density at radius 3 is 2.48 bits per heavy atom. The Morgan fingerprint density at radius 1 is 1.04 bits per heavy atom. The summed E-state index contributed by atoms with van der Waals surface area (Å²) in [6.45, 7) is 4.96. The van der Waals surface area contributed by atoms with Gasteiger partial charge in [0.2, 0.25) is 0 Å². The van der Waals surface area contributed by atoms with E-state index in [9.17, 15) is 4.79 Å². The standard InChI is InChI=1S/C19H23NO3/c1-3-16-8-10-17(11-9-16)22-13-12-20-19(21)14-23-18-7-5-4-6-15(18)2/h4-11H,3,12-14H2,1-2H3,(H,20,21). The average molecular weight is 313 g/mol. The first-order chi connectivity index (χ1) is 11.2. The lowest BCUT2D eigenvalue weighted by Crippen LogP contribution is -2.32. The third-order valence-electron chi connectivity index (χ3n) is 3.48. The minimum absolute atomic E-state index is 0.00997. The summed E-state index contributed by atoms with van der Waals surface area (Å²) >= 11 is 0. The second-order valence-corrected chi connectivity index (χ2v) is 5.25.